The van der Waals surface area contributed by atoms with Crippen molar-refractivity contribution in [3.05, 3.63) is 42.2 Å². The van der Waals surface area contributed by atoms with E-state index in [-0.39, 0.29) is 6.61 Å². The maximum Gasteiger partial charge on any atom is 0.342 e. The quantitative estimate of drug-likeness (QED) is 0.641. The van der Waals surface area contributed by atoms with E-state index in [1.165, 1.54) is 0 Å². The Kier molecular flexibility index (Phi) is 4.60. The molecule has 6 nitrogen and oxygen atoms in total. The van der Waals surface area contributed by atoms with Gasteiger partial charge in [-0.15, -0.1) is 0 Å². The first-order chi connectivity index (χ1) is 9.72. The van der Waals surface area contributed by atoms with Gasteiger partial charge in [-0.1, -0.05) is 6.07 Å². The Morgan fingerprint density at radius 2 is 2.25 bits per heavy atom. The molecule has 106 valence electrons. The van der Waals surface area contributed by atoms with Gasteiger partial charge in [0.2, 0.25) is 0 Å². The van der Waals surface area contributed by atoms with Crippen molar-refractivity contribution in [2.45, 2.75) is 13.5 Å². The minimum atomic E-state index is -0.451. The minimum absolute atomic E-state index is 0.237. The lowest BCUT2D eigenvalue weighted by atomic mass is 10.2. The summed E-state index contributed by atoms with van der Waals surface area (Å²) in [4.78, 5) is 12.0. The number of hydrogen-bond acceptors (Lipinski definition) is 5. The molecule has 2 aromatic rings. The molecule has 1 aromatic carbocycles. The lowest BCUT2D eigenvalue weighted by molar-refractivity contribution is 0.0483. The van der Waals surface area contributed by atoms with Crippen molar-refractivity contribution in [1.82, 2.24) is 9.78 Å². The van der Waals surface area contributed by atoms with Crippen LogP contribution in [0.15, 0.2) is 36.7 Å². The van der Waals surface area contributed by atoms with E-state index in [4.69, 9.17) is 15.2 Å². The molecular weight excluding hydrogens is 258 g/mol. The average molecular weight is 275 g/mol. The van der Waals surface area contributed by atoms with Crippen molar-refractivity contribution < 1.29 is 14.3 Å². The molecule has 1 aromatic heterocycles. The number of carbonyl (C=O) groups is 1. The Balaban J connectivity index is 1.99. The molecule has 2 rings (SSSR count). The van der Waals surface area contributed by atoms with Crippen molar-refractivity contribution in [3.63, 3.8) is 0 Å². The van der Waals surface area contributed by atoms with Gasteiger partial charge in [0.15, 0.2) is 5.75 Å². The molecule has 0 aliphatic heterocycles. The molecule has 0 saturated carbocycles. The smallest absolute Gasteiger partial charge is 0.342 e. The second kappa shape index (κ2) is 6.60. The molecule has 0 spiro atoms. The molecule has 20 heavy (non-hydrogen) atoms. The topological polar surface area (TPSA) is 79.4 Å². The van der Waals surface area contributed by atoms with Crippen LogP contribution < -0.4 is 10.5 Å². The van der Waals surface area contributed by atoms with Gasteiger partial charge in [0.1, 0.15) is 12.2 Å². The molecule has 2 N–H and O–H groups in total. The number of hydrogen-bond donors (Lipinski definition) is 1. The van der Waals surface area contributed by atoms with E-state index in [9.17, 15) is 4.79 Å². The Bertz CT molecular complexity index is 567. The summed E-state index contributed by atoms with van der Waals surface area (Å²) in [6, 6.07) is 6.83. The van der Waals surface area contributed by atoms with Gasteiger partial charge in [0, 0.05) is 12.4 Å². The molecule has 0 aliphatic rings. The maximum absolute atomic E-state index is 12.0. The van der Waals surface area contributed by atoms with Crippen molar-refractivity contribution in [3.8, 4) is 5.75 Å². The van der Waals surface area contributed by atoms with E-state index < -0.39 is 5.97 Å². The summed E-state index contributed by atoms with van der Waals surface area (Å²) in [7, 11) is 0. The van der Waals surface area contributed by atoms with Gasteiger partial charge in [-0.3, -0.25) is 4.68 Å². The number of ether oxygens (including phenoxy) is 2. The standard InChI is InChI=1S/C14H17N3O3/c1-2-19-13-11(5-3-6-12(13)15)14(18)20-10-9-17-8-4-7-16-17/h3-8H,2,9-10,15H2,1H3. The predicted molar refractivity (Wildman–Crippen MR) is 74.5 cm³/mol. The van der Waals surface area contributed by atoms with Crippen LogP contribution in [0.3, 0.4) is 0 Å². The van der Waals surface area contributed by atoms with Crippen molar-refractivity contribution >= 4 is 11.7 Å². The van der Waals surface area contributed by atoms with E-state index in [0.717, 1.165) is 0 Å². The Morgan fingerprint density at radius 1 is 1.40 bits per heavy atom. The molecule has 0 saturated heterocycles. The van der Waals surface area contributed by atoms with Gasteiger partial charge >= 0.3 is 5.97 Å². The summed E-state index contributed by atoms with van der Waals surface area (Å²) < 4.78 is 12.3. The molecule has 0 bridgehead atoms. The number of anilines is 1. The number of nitrogen functional groups attached to an aromatic ring is 1. The molecular formula is C14H17N3O3. The summed E-state index contributed by atoms with van der Waals surface area (Å²) >= 11 is 0. The highest BCUT2D eigenvalue weighted by Crippen LogP contribution is 2.26. The second-order valence-corrected chi connectivity index (χ2v) is 4.06. The van der Waals surface area contributed by atoms with Crippen LogP contribution in [-0.2, 0) is 11.3 Å². The zero-order valence-electron chi connectivity index (χ0n) is 11.3. The fraction of sp³-hybridized carbons (Fsp3) is 0.286. The summed E-state index contributed by atoms with van der Waals surface area (Å²) in [5, 5.41) is 4.03. The van der Waals surface area contributed by atoms with Crippen LogP contribution in [0.5, 0.6) is 5.75 Å². The largest absolute Gasteiger partial charge is 0.491 e. The lowest BCUT2D eigenvalue weighted by Crippen LogP contribution is -2.13. The van der Waals surface area contributed by atoms with E-state index in [1.807, 2.05) is 13.0 Å². The van der Waals surface area contributed by atoms with E-state index in [1.54, 1.807) is 35.3 Å². The molecule has 0 fully saturated rings. The summed E-state index contributed by atoms with van der Waals surface area (Å²) in [5.74, 6) is -0.0769. The van der Waals surface area contributed by atoms with E-state index >= 15 is 0 Å². The van der Waals surface area contributed by atoms with Crippen LogP contribution in [-0.4, -0.2) is 29.0 Å². The first-order valence-electron chi connectivity index (χ1n) is 6.38. The molecule has 0 amide bonds. The SMILES string of the molecule is CCOc1c(N)cccc1C(=O)OCCn1cccn1. The predicted octanol–water partition coefficient (Wildman–Crippen LogP) is 1.72. The fourth-order valence-electron chi connectivity index (χ4n) is 1.76. The van der Waals surface area contributed by atoms with Gasteiger partial charge in [0.05, 0.1) is 18.8 Å². The Morgan fingerprint density at radius 3 is 2.95 bits per heavy atom. The third kappa shape index (κ3) is 3.28. The highest BCUT2D eigenvalue weighted by atomic mass is 16.5. The van der Waals surface area contributed by atoms with Gasteiger partial charge in [-0.25, -0.2) is 4.79 Å². The van der Waals surface area contributed by atoms with Crippen LogP contribution in [0.1, 0.15) is 17.3 Å². The zero-order valence-corrected chi connectivity index (χ0v) is 11.3. The first-order valence-corrected chi connectivity index (χ1v) is 6.38. The van der Waals surface area contributed by atoms with E-state index in [0.29, 0.717) is 30.2 Å². The third-order valence-electron chi connectivity index (χ3n) is 2.67. The lowest BCUT2D eigenvalue weighted by Gasteiger charge is -2.12. The normalized spacial score (nSPS) is 10.2. The van der Waals surface area contributed by atoms with Crippen LogP contribution in [0.2, 0.25) is 0 Å². The first kappa shape index (κ1) is 13.9. The van der Waals surface area contributed by atoms with Gasteiger partial charge in [0.25, 0.3) is 0 Å². The third-order valence-corrected chi connectivity index (χ3v) is 2.67. The molecule has 1 heterocycles. The van der Waals surface area contributed by atoms with Gasteiger partial charge < -0.3 is 15.2 Å². The molecule has 0 radical (unpaired) electrons. The summed E-state index contributed by atoms with van der Waals surface area (Å²) in [5.41, 5.74) is 6.57. The number of rotatable bonds is 6. The highest BCUT2D eigenvalue weighted by Gasteiger charge is 2.16. The number of carbonyl (C=O) groups excluding carboxylic acids is 1. The Labute approximate surface area is 117 Å². The number of para-hydroxylation sites is 1. The second-order valence-electron chi connectivity index (χ2n) is 4.06. The van der Waals surface area contributed by atoms with Crippen molar-refractivity contribution in [2.24, 2.45) is 0 Å². The van der Waals surface area contributed by atoms with Crippen LogP contribution in [0.25, 0.3) is 0 Å². The van der Waals surface area contributed by atoms with Crippen LogP contribution >= 0.6 is 0 Å². The molecule has 6 heteroatoms. The number of esters is 1. The number of nitrogens with zero attached hydrogens (tertiary/aromatic N) is 2. The minimum Gasteiger partial charge on any atom is -0.491 e. The average Bonchev–Trinajstić information content (AvgIpc) is 2.94. The zero-order chi connectivity index (χ0) is 14.4. The fourth-order valence-corrected chi connectivity index (χ4v) is 1.76. The van der Waals surface area contributed by atoms with Crippen molar-refractivity contribution in [1.29, 1.82) is 0 Å². The van der Waals surface area contributed by atoms with Crippen LogP contribution in [0.4, 0.5) is 5.69 Å². The maximum atomic E-state index is 12.0. The summed E-state index contributed by atoms with van der Waals surface area (Å²) in [6.45, 7) is 3.01. The molecule has 0 aliphatic carbocycles. The van der Waals surface area contributed by atoms with Gasteiger partial charge in [-0.2, -0.15) is 5.10 Å². The highest BCUT2D eigenvalue weighted by molar-refractivity contribution is 5.94. The monoisotopic (exact) mass is 275 g/mol. The number of nitrogens with two attached hydrogens (primary N) is 1. The number of benzene rings is 1. The molecule has 0 atom stereocenters. The van der Waals surface area contributed by atoms with Gasteiger partial charge in [-0.05, 0) is 25.1 Å². The summed E-state index contributed by atoms with van der Waals surface area (Å²) in [6.07, 6.45) is 3.48. The number of aromatic nitrogens is 2. The molecule has 0 unspecified atom stereocenters. The van der Waals surface area contributed by atoms with Crippen molar-refractivity contribution in [2.75, 3.05) is 18.9 Å². The van der Waals surface area contributed by atoms with Crippen LogP contribution in [0, 0.1) is 0 Å². The Hall–Kier alpha value is -2.50. The van der Waals surface area contributed by atoms with E-state index in [2.05, 4.69) is 5.10 Å².